The molecule has 2 rings (SSSR count). The molecule has 4 N–H and O–H groups in total. The second kappa shape index (κ2) is 2.68. The minimum Gasteiger partial charge on any atom is -0.399 e. The van der Waals surface area contributed by atoms with E-state index in [0.29, 0.717) is 0 Å². The van der Waals surface area contributed by atoms with E-state index in [9.17, 15) is 0 Å². The molecule has 0 amide bonds. The van der Waals surface area contributed by atoms with E-state index in [4.69, 9.17) is 11.6 Å². The Hall–Kier alpha value is -1.22. The highest BCUT2D eigenvalue weighted by Crippen LogP contribution is 2.26. The molecule has 0 saturated heterocycles. The van der Waals surface area contributed by atoms with E-state index >= 15 is 0 Å². The normalized spacial score (nSPS) is 15.9. The number of nitrogens with zero attached hydrogens (tertiary/aromatic N) is 1. The molecular weight excluding hydrogens is 150 g/mol. The van der Waals surface area contributed by atoms with Crippen LogP contribution in [0.5, 0.6) is 0 Å². The minimum atomic E-state index is 0.783. The molecule has 0 atom stereocenters. The molecule has 0 aromatic heterocycles. The maximum absolute atomic E-state index is 5.79. The van der Waals surface area contributed by atoms with Gasteiger partial charge in [0.05, 0.1) is 5.69 Å². The first-order chi connectivity index (χ1) is 5.77. The fourth-order valence-corrected chi connectivity index (χ4v) is 1.62. The van der Waals surface area contributed by atoms with E-state index in [-0.39, 0.29) is 0 Å². The van der Waals surface area contributed by atoms with Gasteiger partial charge in [0, 0.05) is 12.2 Å². The van der Waals surface area contributed by atoms with Crippen LogP contribution in [0.1, 0.15) is 12.0 Å². The average molecular weight is 163 g/mol. The van der Waals surface area contributed by atoms with Crippen LogP contribution < -0.4 is 16.6 Å². The summed E-state index contributed by atoms with van der Waals surface area (Å²) < 4.78 is 0. The monoisotopic (exact) mass is 163 g/mol. The number of hydrazine groups is 1. The lowest BCUT2D eigenvalue weighted by Crippen LogP contribution is -2.35. The minimum absolute atomic E-state index is 0.783. The Morgan fingerprint density at radius 2 is 2.17 bits per heavy atom. The van der Waals surface area contributed by atoms with Gasteiger partial charge in [-0.3, -0.25) is 0 Å². The van der Waals surface area contributed by atoms with Gasteiger partial charge in [0.15, 0.2) is 0 Å². The highest BCUT2D eigenvalue weighted by Gasteiger charge is 2.13. The largest absolute Gasteiger partial charge is 0.399 e. The summed E-state index contributed by atoms with van der Waals surface area (Å²) >= 11 is 0. The zero-order valence-corrected chi connectivity index (χ0v) is 6.96. The number of fused-ring (bicyclic) bond motifs is 1. The van der Waals surface area contributed by atoms with Crippen LogP contribution in [0.25, 0.3) is 0 Å². The lowest BCUT2D eigenvalue weighted by molar-refractivity contribution is 0.714. The molecule has 0 aliphatic carbocycles. The van der Waals surface area contributed by atoms with Gasteiger partial charge in [-0.25, -0.2) is 5.84 Å². The molecule has 0 fully saturated rings. The molecule has 1 aromatic carbocycles. The predicted octanol–water partition coefficient (Wildman–Crippen LogP) is 0.895. The summed E-state index contributed by atoms with van der Waals surface area (Å²) in [6.45, 7) is 0.927. The van der Waals surface area contributed by atoms with Crippen molar-refractivity contribution in [1.82, 2.24) is 0 Å². The molecule has 0 spiro atoms. The Kier molecular flexibility index (Phi) is 1.66. The molecule has 12 heavy (non-hydrogen) atoms. The second-order valence-electron chi connectivity index (χ2n) is 3.19. The SMILES string of the molecule is Nc1ccc2c(c1)N(N)CCC2. The van der Waals surface area contributed by atoms with Crippen molar-refractivity contribution >= 4 is 11.4 Å². The van der Waals surface area contributed by atoms with E-state index in [1.165, 1.54) is 5.56 Å². The number of hydrogen-bond acceptors (Lipinski definition) is 3. The lowest BCUT2D eigenvalue weighted by atomic mass is 10.0. The zero-order valence-electron chi connectivity index (χ0n) is 6.96. The van der Waals surface area contributed by atoms with Crippen molar-refractivity contribution in [3.63, 3.8) is 0 Å². The fourth-order valence-electron chi connectivity index (χ4n) is 1.62. The Bertz CT molecular complexity index is 296. The van der Waals surface area contributed by atoms with Gasteiger partial charge >= 0.3 is 0 Å². The molecule has 0 radical (unpaired) electrons. The Morgan fingerprint density at radius 1 is 1.33 bits per heavy atom. The molecule has 3 heteroatoms. The summed E-state index contributed by atoms with van der Waals surface area (Å²) in [4.78, 5) is 0. The van der Waals surface area contributed by atoms with Gasteiger partial charge in [-0.2, -0.15) is 0 Å². The third-order valence-electron chi connectivity index (χ3n) is 2.26. The first-order valence-corrected chi connectivity index (χ1v) is 4.18. The van der Waals surface area contributed by atoms with Crippen LogP contribution in [0.2, 0.25) is 0 Å². The Morgan fingerprint density at radius 3 is 3.00 bits per heavy atom. The van der Waals surface area contributed by atoms with Crippen LogP contribution in [-0.4, -0.2) is 6.54 Å². The Balaban J connectivity index is 2.47. The van der Waals surface area contributed by atoms with Crippen LogP contribution in [-0.2, 0) is 6.42 Å². The molecule has 1 heterocycles. The van der Waals surface area contributed by atoms with Crippen LogP contribution in [0, 0.1) is 0 Å². The molecule has 1 aromatic rings. The summed E-state index contributed by atoms with van der Waals surface area (Å²) in [5, 5.41) is 1.77. The first kappa shape index (κ1) is 7.43. The number of benzene rings is 1. The van der Waals surface area contributed by atoms with Crippen molar-refractivity contribution in [2.45, 2.75) is 12.8 Å². The third-order valence-corrected chi connectivity index (χ3v) is 2.26. The molecule has 64 valence electrons. The van der Waals surface area contributed by atoms with Crippen molar-refractivity contribution < 1.29 is 0 Å². The first-order valence-electron chi connectivity index (χ1n) is 4.18. The van der Waals surface area contributed by atoms with E-state index in [1.807, 2.05) is 12.1 Å². The van der Waals surface area contributed by atoms with Gasteiger partial charge in [-0.15, -0.1) is 0 Å². The summed E-state index contributed by atoms with van der Waals surface area (Å²) in [6, 6.07) is 5.93. The quantitative estimate of drug-likeness (QED) is 0.441. The van der Waals surface area contributed by atoms with E-state index < -0.39 is 0 Å². The summed E-state index contributed by atoms with van der Waals surface area (Å²) in [7, 11) is 0. The zero-order chi connectivity index (χ0) is 8.55. The van der Waals surface area contributed by atoms with Gasteiger partial charge in [0.2, 0.25) is 0 Å². The number of nitrogen functional groups attached to an aromatic ring is 1. The molecule has 0 saturated carbocycles. The summed E-state index contributed by atoms with van der Waals surface area (Å²) in [5.74, 6) is 5.79. The maximum atomic E-state index is 5.79. The van der Waals surface area contributed by atoms with Crippen LogP contribution in [0.3, 0.4) is 0 Å². The average Bonchev–Trinajstić information content (AvgIpc) is 2.07. The van der Waals surface area contributed by atoms with E-state index in [0.717, 1.165) is 30.8 Å². The van der Waals surface area contributed by atoms with Gasteiger partial charge in [-0.05, 0) is 30.5 Å². The van der Waals surface area contributed by atoms with Crippen LogP contribution >= 0.6 is 0 Å². The van der Waals surface area contributed by atoms with Crippen molar-refractivity contribution in [3.8, 4) is 0 Å². The summed E-state index contributed by atoms with van der Waals surface area (Å²) in [6.07, 6.45) is 2.25. The summed E-state index contributed by atoms with van der Waals surface area (Å²) in [5.41, 5.74) is 8.83. The highest BCUT2D eigenvalue weighted by atomic mass is 15.4. The number of rotatable bonds is 0. The van der Waals surface area contributed by atoms with Gasteiger partial charge < -0.3 is 10.7 Å². The highest BCUT2D eigenvalue weighted by molar-refractivity contribution is 5.61. The molecule has 1 aliphatic rings. The maximum Gasteiger partial charge on any atom is 0.0569 e. The number of aryl methyl sites for hydroxylation is 1. The van der Waals surface area contributed by atoms with Gasteiger partial charge in [-0.1, -0.05) is 6.07 Å². The second-order valence-corrected chi connectivity index (χ2v) is 3.19. The van der Waals surface area contributed by atoms with E-state index in [1.54, 1.807) is 5.01 Å². The van der Waals surface area contributed by atoms with Crippen molar-refractivity contribution in [2.75, 3.05) is 17.3 Å². The Labute approximate surface area is 71.9 Å². The number of hydrogen-bond donors (Lipinski definition) is 2. The fraction of sp³-hybridized carbons (Fsp3) is 0.333. The van der Waals surface area contributed by atoms with Gasteiger partial charge in [0.25, 0.3) is 0 Å². The standard InChI is InChI=1S/C9H13N3/c10-8-4-3-7-2-1-5-12(11)9(7)6-8/h3-4,6H,1-2,5,10-11H2. The topological polar surface area (TPSA) is 55.3 Å². The molecule has 0 bridgehead atoms. The third kappa shape index (κ3) is 1.12. The van der Waals surface area contributed by atoms with Crippen molar-refractivity contribution in [3.05, 3.63) is 23.8 Å². The smallest absolute Gasteiger partial charge is 0.0569 e. The number of anilines is 2. The lowest BCUT2D eigenvalue weighted by Gasteiger charge is -2.26. The molecule has 3 nitrogen and oxygen atoms in total. The van der Waals surface area contributed by atoms with Crippen LogP contribution in [0.15, 0.2) is 18.2 Å². The van der Waals surface area contributed by atoms with Crippen molar-refractivity contribution in [2.24, 2.45) is 5.84 Å². The van der Waals surface area contributed by atoms with E-state index in [2.05, 4.69) is 6.07 Å². The molecule has 0 unspecified atom stereocenters. The van der Waals surface area contributed by atoms with Crippen molar-refractivity contribution in [1.29, 1.82) is 0 Å². The molecular formula is C9H13N3. The molecule has 1 aliphatic heterocycles. The predicted molar refractivity (Wildman–Crippen MR) is 50.7 cm³/mol. The number of nitrogens with two attached hydrogens (primary N) is 2. The van der Waals surface area contributed by atoms with Gasteiger partial charge in [0.1, 0.15) is 0 Å². The van der Waals surface area contributed by atoms with Crippen LogP contribution in [0.4, 0.5) is 11.4 Å².